The van der Waals surface area contributed by atoms with Crippen LogP contribution in [-0.2, 0) is 9.59 Å². The Bertz CT molecular complexity index is 718. The molecular weight excluding hydrogens is 334 g/mol. The van der Waals surface area contributed by atoms with E-state index in [4.69, 9.17) is 5.73 Å². The summed E-state index contributed by atoms with van der Waals surface area (Å²) in [6.45, 7) is 1.89. The van der Waals surface area contributed by atoms with Gasteiger partial charge in [0.25, 0.3) is 0 Å². The van der Waals surface area contributed by atoms with Gasteiger partial charge in [0.05, 0.1) is 16.6 Å². The second-order valence-electron chi connectivity index (χ2n) is 5.18. The van der Waals surface area contributed by atoms with Gasteiger partial charge in [0.2, 0.25) is 5.91 Å². The van der Waals surface area contributed by atoms with Gasteiger partial charge in [-0.2, -0.15) is 0 Å². The summed E-state index contributed by atoms with van der Waals surface area (Å²) < 4.78 is 1.91. The van der Waals surface area contributed by atoms with E-state index in [1.54, 1.807) is 6.08 Å². The quantitative estimate of drug-likeness (QED) is 0.589. The van der Waals surface area contributed by atoms with E-state index in [9.17, 15) is 14.7 Å². The maximum atomic E-state index is 11.9. The number of carbonyl (C=O) groups is 2. The van der Waals surface area contributed by atoms with Gasteiger partial charge in [0, 0.05) is 17.9 Å². The van der Waals surface area contributed by atoms with Gasteiger partial charge in [-0.25, -0.2) is 0 Å². The van der Waals surface area contributed by atoms with E-state index in [1.165, 1.54) is 28.6 Å². The van der Waals surface area contributed by atoms with Crippen LogP contribution in [0, 0.1) is 0 Å². The van der Waals surface area contributed by atoms with Gasteiger partial charge in [-0.15, -0.1) is 15.7 Å². The number of hydrogen-bond acceptors (Lipinski definition) is 6. The zero-order valence-electron chi connectivity index (χ0n) is 12.3. The molecule has 0 aliphatic carbocycles. The number of rotatable bonds is 4. The summed E-state index contributed by atoms with van der Waals surface area (Å²) >= 11 is 2.94. The summed E-state index contributed by atoms with van der Waals surface area (Å²) in [4.78, 5) is 25.5. The minimum Gasteiger partial charge on any atom is -0.543 e. The second kappa shape index (κ2) is 6.38. The molecule has 0 radical (unpaired) electrons. The maximum Gasteiger partial charge on any atom is 0.248 e. The number of aromatic nitrogens is 1. The van der Waals surface area contributed by atoms with Crippen molar-refractivity contribution in [2.45, 2.75) is 18.3 Å². The standard InChI is InChI=1S/C15H15N3O3S2/c1-9(23-17-5-3-2-4-6-17)7-10-8-22-14-11(16)13(19)18(14)12(10)15(20)21/h2-7,11,14H,8,16H2,1H3/b9-7+/t11-,14+/m1/s1. The lowest BCUT2D eigenvalue weighted by Gasteiger charge is -2.49. The van der Waals surface area contributed by atoms with Crippen LogP contribution in [0.15, 0.2) is 52.8 Å². The smallest absolute Gasteiger partial charge is 0.248 e. The number of allylic oxidation sites excluding steroid dienone is 2. The minimum absolute atomic E-state index is 0.0570. The number of amides is 1. The number of carboxylic acids is 1. The molecule has 2 aliphatic rings. The molecule has 1 amide bonds. The van der Waals surface area contributed by atoms with Crippen molar-refractivity contribution < 1.29 is 18.7 Å². The van der Waals surface area contributed by atoms with Gasteiger partial charge in [0.1, 0.15) is 11.4 Å². The van der Waals surface area contributed by atoms with E-state index in [-0.39, 0.29) is 17.0 Å². The molecule has 3 heterocycles. The third-order valence-electron chi connectivity index (χ3n) is 3.55. The van der Waals surface area contributed by atoms with Crippen molar-refractivity contribution >= 4 is 35.6 Å². The third-order valence-corrected chi connectivity index (χ3v) is 5.73. The lowest BCUT2D eigenvalue weighted by Crippen LogP contribution is -2.69. The Balaban J connectivity index is 1.88. The minimum atomic E-state index is -1.34. The van der Waals surface area contributed by atoms with Crippen LogP contribution in [0.2, 0.25) is 0 Å². The van der Waals surface area contributed by atoms with Gasteiger partial charge in [-0.1, -0.05) is 6.07 Å². The summed E-state index contributed by atoms with van der Waals surface area (Å²) in [5.74, 6) is -1.22. The maximum absolute atomic E-state index is 11.9. The predicted molar refractivity (Wildman–Crippen MR) is 86.5 cm³/mol. The van der Waals surface area contributed by atoms with Crippen LogP contribution in [0.4, 0.5) is 0 Å². The Kier molecular flexibility index (Phi) is 4.47. The average molecular weight is 349 g/mol. The molecule has 8 heteroatoms. The van der Waals surface area contributed by atoms with E-state index in [1.807, 2.05) is 41.5 Å². The Morgan fingerprint density at radius 3 is 2.83 bits per heavy atom. The number of carbonyl (C=O) groups excluding carboxylic acids is 2. The molecule has 1 saturated heterocycles. The first kappa shape index (κ1) is 16.1. The highest BCUT2D eigenvalue weighted by molar-refractivity contribution is 8.00. The molecule has 0 unspecified atom stereocenters. The molecule has 0 spiro atoms. The van der Waals surface area contributed by atoms with Crippen LogP contribution in [0.5, 0.6) is 0 Å². The molecule has 1 fully saturated rings. The number of pyridine rings is 1. The van der Waals surface area contributed by atoms with E-state index in [0.717, 1.165) is 4.91 Å². The van der Waals surface area contributed by atoms with Crippen molar-refractivity contribution in [2.75, 3.05) is 5.75 Å². The van der Waals surface area contributed by atoms with Crippen LogP contribution in [0.25, 0.3) is 0 Å². The molecule has 2 atom stereocenters. The van der Waals surface area contributed by atoms with Crippen molar-refractivity contribution in [3.8, 4) is 0 Å². The van der Waals surface area contributed by atoms with Gasteiger partial charge in [-0.05, 0) is 18.6 Å². The molecule has 1 aromatic heterocycles. The fraction of sp³-hybridized carbons (Fsp3) is 0.267. The van der Waals surface area contributed by atoms with Crippen molar-refractivity contribution in [3.05, 3.63) is 52.8 Å². The highest BCUT2D eigenvalue weighted by Crippen LogP contribution is 2.39. The highest BCUT2D eigenvalue weighted by Gasteiger charge is 2.49. The largest absolute Gasteiger partial charge is 0.543 e. The average Bonchev–Trinajstić information content (AvgIpc) is 2.54. The molecule has 23 heavy (non-hydrogen) atoms. The molecular formula is C15H15N3O3S2. The topological polar surface area (TPSA) is 90.3 Å². The molecule has 3 rings (SSSR count). The summed E-state index contributed by atoms with van der Waals surface area (Å²) in [5, 5.41) is 11.2. The van der Waals surface area contributed by atoms with Crippen LogP contribution < -0.4 is 14.8 Å². The molecule has 2 N–H and O–H groups in total. The number of β-lactam (4-membered cyclic amide) rings is 1. The summed E-state index contributed by atoms with van der Waals surface area (Å²) in [5.41, 5.74) is 6.24. The number of nitrogens with zero attached hydrogens (tertiary/aromatic N) is 2. The fourth-order valence-electron chi connectivity index (χ4n) is 2.52. The first-order chi connectivity index (χ1) is 11.0. The van der Waals surface area contributed by atoms with Crippen molar-refractivity contribution in [1.82, 2.24) is 4.90 Å². The Hall–Kier alpha value is -1.77. The summed E-state index contributed by atoms with van der Waals surface area (Å²) in [6.07, 6.45) is 5.59. The third kappa shape index (κ3) is 3.01. The molecule has 0 aromatic carbocycles. The number of carboxylic acid groups (broad SMARTS) is 1. The predicted octanol–water partition coefficient (Wildman–Crippen LogP) is -0.379. The lowest BCUT2D eigenvalue weighted by atomic mass is 10.0. The number of hydrogen-bond donors (Lipinski definition) is 1. The van der Waals surface area contributed by atoms with Gasteiger partial charge < -0.3 is 15.6 Å². The molecule has 1 aromatic rings. The van der Waals surface area contributed by atoms with Gasteiger partial charge >= 0.3 is 0 Å². The summed E-state index contributed by atoms with van der Waals surface area (Å²) in [6, 6.07) is 5.11. The fourth-order valence-corrected chi connectivity index (χ4v) is 4.56. The van der Waals surface area contributed by atoms with Gasteiger partial charge in [0.15, 0.2) is 24.3 Å². The van der Waals surface area contributed by atoms with E-state index >= 15 is 0 Å². The van der Waals surface area contributed by atoms with Crippen LogP contribution in [0.1, 0.15) is 6.92 Å². The Labute approximate surface area is 142 Å². The molecule has 120 valence electrons. The van der Waals surface area contributed by atoms with Crippen LogP contribution in [-0.4, -0.2) is 33.9 Å². The highest BCUT2D eigenvalue weighted by atomic mass is 32.2. The first-order valence-corrected chi connectivity index (χ1v) is 8.79. The first-order valence-electron chi connectivity index (χ1n) is 6.96. The Morgan fingerprint density at radius 1 is 1.48 bits per heavy atom. The van der Waals surface area contributed by atoms with Gasteiger partial charge in [-0.3, -0.25) is 9.69 Å². The zero-order chi connectivity index (χ0) is 16.6. The SMILES string of the molecule is C/C(=C\C1=C(C(=O)[O-])N2C(=O)[C@@H](N)[C@@H]2SC1)S[n+]1ccccc1. The number of thioether (sulfide) groups is 1. The van der Waals surface area contributed by atoms with E-state index < -0.39 is 12.0 Å². The normalized spacial score (nSPS) is 24.3. The molecule has 0 bridgehead atoms. The van der Waals surface area contributed by atoms with Crippen LogP contribution in [0.3, 0.4) is 0 Å². The van der Waals surface area contributed by atoms with Crippen LogP contribution >= 0.6 is 23.7 Å². The summed E-state index contributed by atoms with van der Waals surface area (Å²) in [7, 11) is 0. The van der Waals surface area contributed by atoms with E-state index in [2.05, 4.69) is 0 Å². The van der Waals surface area contributed by atoms with E-state index in [0.29, 0.717) is 11.3 Å². The van der Waals surface area contributed by atoms with Crippen molar-refractivity contribution in [2.24, 2.45) is 5.73 Å². The molecule has 6 nitrogen and oxygen atoms in total. The molecule has 2 aliphatic heterocycles. The molecule has 0 saturated carbocycles. The number of aliphatic carboxylic acids is 1. The number of nitrogens with two attached hydrogens (primary N) is 1. The van der Waals surface area contributed by atoms with Crippen molar-refractivity contribution in [1.29, 1.82) is 0 Å². The Morgan fingerprint density at radius 2 is 2.17 bits per heavy atom. The zero-order valence-corrected chi connectivity index (χ0v) is 14.0. The van der Waals surface area contributed by atoms with Crippen molar-refractivity contribution in [3.63, 3.8) is 0 Å². The number of fused-ring (bicyclic) bond motifs is 1. The second-order valence-corrected chi connectivity index (χ2v) is 7.53. The lowest BCUT2D eigenvalue weighted by molar-refractivity contribution is -0.493. The monoisotopic (exact) mass is 349 g/mol.